The summed E-state index contributed by atoms with van der Waals surface area (Å²) in [6.07, 6.45) is 5.80. The topological polar surface area (TPSA) is 118 Å². The van der Waals surface area contributed by atoms with Gasteiger partial charge in [-0.2, -0.15) is 8.42 Å². The van der Waals surface area contributed by atoms with E-state index < -0.39 is 16.1 Å². The SMILES string of the molecule is CCC1=C[C@@H]2[C@H](C1)C[C@]2(CN)CC(=O)O.O=S(=O)(O)c1ccccc1. The van der Waals surface area contributed by atoms with E-state index in [4.69, 9.17) is 15.4 Å². The monoisotopic (exact) mass is 367 g/mol. The Hall–Kier alpha value is -1.70. The molecular formula is C18H25NO5S. The van der Waals surface area contributed by atoms with Crippen LogP contribution in [0.1, 0.15) is 32.6 Å². The molecule has 0 aromatic heterocycles. The van der Waals surface area contributed by atoms with E-state index in [0.717, 1.165) is 12.8 Å². The molecule has 0 amide bonds. The smallest absolute Gasteiger partial charge is 0.303 e. The van der Waals surface area contributed by atoms with Gasteiger partial charge >= 0.3 is 5.97 Å². The number of fused-ring (bicyclic) bond motifs is 1. The maximum Gasteiger partial charge on any atom is 0.303 e. The van der Waals surface area contributed by atoms with E-state index in [2.05, 4.69) is 13.0 Å². The van der Waals surface area contributed by atoms with Crippen LogP contribution in [0.15, 0.2) is 46.9 Å². The van der Waals surface area contributed by atoms with Crippen molar-refractivity contribution in [2.24, 2.45) is 23.0 Å². The Kier molecular flexibility index (Phi) is 6.03. The van der Waals surface area contributed by atoms with Gasteiger partial charge in [0, 0.05) is 0 Å². The summed E-state index contributed by atoms with van der Waals surface area (Å²) in [5, 5.41) is 8.91. The Labute approximate surface area is 148 Å². The van der Waals surface area contributed by atoms with Crippen molar-refractivity contribution >= 4 is 16.1 Å². The molecule has 1 fully saturated rings. The van der Waals surface area contributed by atoms with Crippen LogP contribution in [0.25, 0.3) is 0 Å². The van der Waals surface area contributed by atoms with Crippen LogP contribution in [-0.4, -0.2) is 30.6 Å². The predicted octanol–water partition coefficient (Wildman–Crippen LogP) is 2.72. The molecular weight excluding hydrogens is 342 g/mol. The highest BCUT2D eigenvalue weighted by Crippen LogP contribution is 2.59. The van der Waals surface area contributed by atoms with Gasteiger partial charge in [0.15, 0.2) is 0 Å². The summed E-state index contributed by atoms with van der Waals surface area (Å²) in [4.78, 5) is 10.8. The van der Waals surface area contributed by atoms with Gasteiger partial charge < -0.3 is 10.8 Å². The van der Waals surface area contributed by atoms with Gasteiger partial charge in [-0.25, -0.2) is 0 Å². The molecule has 2 aliphatic carbocycles. The van der Waals surface area contributed by atoms with Crippen molar-refractivity contribution in [3.63, 3.8) is 0 Å². The predicted molar refractivity (Wildman–Crippen MR) is 94.6 cm³/mol. The molecule has 3 atom stereocenters. The van der Waals surface area contributed by atoms with Crippen LogP contribution >= 0.6 is 0 Å². The highest BCUT2D eigenvalue weighted by atomic mass is 32.2. The number of benzene rings is 1. The normalized spacial score (nSPS) is 27.4. The van der Waals surface area contributed by atoms with E-state index >= 15 is 0 Å². The Morgan fingerprint density at radius 2 is 1.96 bits per heavy atom. The molecule has 138 valence electrons. The Balaban J connectivity index is 0.000000196. The third kappa shape index (κ3) is 4.48. The molecule has 0 heterocycles. The van der Waals surface area contributed by atoms with E-state index in [-0.39, 0.29) is 16.7 Å². The van der Waals surface area contributed by atoms with E-state index in [1.807, 2.05) is 0 Å². The summed E-state index contributed by atoms with van der Waals surface area (Å²) in [5.74, 6) is 0.411. The van der Waals surface area contributed by atoms with Crippen molar-refractivity contribution in [3.8, 4) is 0 Å². The largest absolute Gasteiger partial charge is 0.481 e. The van der Waals surface area contributed by atoms with Crippen molar-refractivity contribution < 1.29 is 22.9 Å². The molecule has 0 saturated heterocycles. The molecule has 1 saturated carbocycles. The highest BCUT2D eigenvalue weighted by molar-refractivity contribution is 7.85. The fraction of sp³-hybridized carbons (Fsp3) is 0.500. The first-order chi connectivity index (χ1) is 11.7. The quantitative estimate of drug-likeness (QED) is 0.544. The van der Waals surface area contributed by atoms with Crippen molar-refractivity contribution in [2.45, 2.75) is 37.5 Å². The van der Waals surface area contributed by atoms with Crippen molar-refractivity contribution in [3.05, 3.63) is 42.0 Å². The first kappa shape index (κ1) is 19.6. The second-order valence-electron chi connectivity index (χ2n) is 6.80. The van der Waals surface area contributed by atoms with Gasteiger partial charge in [-0.15, -0.1) is 0 Å². The van der Waals surface area contributed by atoms with Gasteiger partial charge in [-0.1, -0.05) is 36.8 Å². The van der Waals surface area contributed by atoms with Crippen molar-refractivity contribution in [1.82, 2.24) is 0 Å². The minimum absolute atomic E-state index is 0.0741. The molecule has 2 aliphatic rings. The number of rotatable bonds is 5. The summed E-state index contributed by atoms with van der Waals surface area (Å²) < 4.78 is 29.2. The zero-order valence-corrected chi connectivity index (χ0v) is 15.1. The summed E-state index contributed by atoms with van der Waals surface area (Å²) in [6, 6.07) is 7.42. The Bertz CT molecular complexity index is 744. The summed E-state index contributed by atoms with van der Waals surface area (Å²) in [7, 11) is -4.00. The number of carbonyl (C=O) groups is 1. The van der Waals surface area contributed by atoms with Crippen LogP contribution in [0.2, 0.25) is 0 Å². The van der Waals surface area contributed by atoms with Crippen molar-refractivity contribution in [2.75, 3.05) is 6.54 Å². The second-order valence-corrected chi connectivity index (χ2v) is 8.22. The molecule has 0 spiro atoms. The van der Waals surface area contributed by atoms with Crippen LogP contribution in [0.4, 0.5) is 0 Å². The molecule has 0 aliphatic heterocycles. The lowest BCUT2D eigenvalue weighted by atomic mass is 9.53. The van der Waals surface area contributed by atoms with Gasteiger partial charge in [0.2, 0.25) is 0 Å². The number of allylic oxidation sites excluding steroid dienone is 2. The minimum Gasteiger partial charge on any atom is -0.481 e. The summed E-state index contributed by atoms with van der Waals surface area (Å²) in [6.45, 7) is 2.67. The van der Waals surface area contributed by atoms with E-state index in [1.54, 1.807) is 18.2 Å². The molecule has 6 nitrogen and oxygen atoms in total. The van der Waals surface area contributed by atoms with Crippen LogP contribution in [0.5, 0.6) is 0 Å². The number of nitrogens with two attached hydrogens (primary N) is 1. The average molecular weight is 367 g/mol. The maximum absolute atomic E-state index is 10.8. The Morgan fingerprint density at radius 1 is 1.32 bits per heavy atom. The number of carboxylic acids is 1. The van der Waals surface area contributed by atoms with Crippen LogP contribution in [0.3, 0.4) is 0 Å². The first-order valence-electron chi connectivity index (χ1n) is 8.36. The van der Waals surface area contributed by atoms with Crippen LogP contribution in [0, 0.1) is 17.3 Å². The third-order valence-electron chi connectivity index (χ3n) is 5.23. The van der Waals surface area contributed by atoms with Gasteiger partial charge in [0.05, 0.1) is 11.3 Å². The maximum atomic E-state index is 10.8. The van der Waals surface area contributed by atoms with Gasteiger partial charge in [-0.05, 0) is 55.2 Å². The molecule has 0 radical (unpaired) electrons. The number of carboxylic acid groups (broad SMARTS) is 1. The van der Waals surface area contributed by atoms with Gasteiger partial charge in [0.1, 0.15) is 0 Å². The number of hydrogen-bond donors (Lipinski definition) is 3. The van der Waals surface area contributed by atoms with Crippen molar-refractivity contribution in [1.29, 1.82) is 0 Å². The summed E-state index contributed by atoms with van der Waals surface area (Å²) in [5.41, 5.74) is 7.13. The summed E-state index contributed by atoms with van der Waals surface area (Å²) >= 11 is 0. The minimum atomic E-state index is -4.00. The van der Waals surface area contributed by atoms with Gasteiger partial charge in [0.25, 0.3) is 10.1 Å². The lowest BCUT2D eigenvalue weighted by molar-refractivity contribution is -0.144. The molecule has 0 unspecified atom stereocenters. The zero-order chi connectivity index (χ0) is 18.7. The van der Waals surface area contributed by atoms with Crippen LogP contribution < -0.4 is 5.73 Å². The average Bonchev–Trinajstić information content (AvgIpc) is 2.91. The van der Waals surface area contributed by atoms with E-state index in [9.17, 15) is 13.2 Å². The number of aliphatic carboxylic acids is 1. The fourth-order valence-electron chi connectivity index (χ4n) is 3.93. The second kappa shape index (κ2) is 7.68. The Morgan fingerprint density at radius 3 is 2.40 bits per heavy atom. The van der Waals surface area contributed by atoms with E-state index in [1.165, 1.54) is 24.1 Å². The first-order valence-corrected chi connectivity index (χ1v) is 9.80. The standard InChI is InChI=1S/C12H19NO2.C6H6O3S/c1-2-8-3-9-5-12(7-13,6-11(14)15)10(9)4-8;7-10(8,9)6-4-2-1-3-5-6/h4,9-10H,2-3,5-7,13H2,1H3,(H,14,15);1-5H,(H,7,8,9)/t9-,10-,12-;/m1./s1. The molecule has 0 bridgehead atoms. The molecule has 3 rings (SSSR count). The van der Waals surface area contributed by atoms with Gasteiger partial charge in [-0.3, -0.25) is 9.35 Å². The highest BCUT2D eigenvalue weighted by Gasteiger charge is 2.54. The zero-order valence-electron chi connectivity index (χ0n) is 14.3. The lowest BCUT2D eigenvalue weighted by Crippen LogP contribution is -2.51. The molecule has 25 heavy (non-hydrogen) atoms. The molecule has 4 N–H and O–H groups in total. The lowest BCUT2D eigenvalue weighted by Gasteiger charge is -2.51. The number of hydrogen-bond acceptors (Lipinski definition) is 4. The third-order valence-corrected chi connectivity index (χ3v) is 6.10. The van der Waals surface area contributed by atoms with Crippen LogP contribution in [-0.2, 0) is 14.9 Å². The van der Waals surface area contributed by atoms with E-state index in [0.29, 0.717) is 18.4 Å². The molecule has 1 aromatic carbocycles. The molecule has 1 aromatic rings. The molecule has 7 heteroatoms. The fourth-order valence-corrected chi connectivity index (χ4v) is 4.43.